The summed E-state index contributed by atoms with van der Waals surface area (Å²) < 4.78 is 5.15. The van der Waals surface area contributed by atoms with Crippen molar-refractivity contribution in [2.45, 2.75) is 19.4 Å². The highest BCUT2D eigenvalue weighted by Gasteiger charge is 2.16. The van der Waals surface area contributed by atoms with Crippen molar-refractivity contribution in [2.24, 2.45) is 5.84 Å². The number of rotatable bonds is 5. The third-order valence-electron chi connectivity index (χ3n) is 3.39. The number of nitrogens with two attached hydrogens (primary N) is 2. The lowest BCUT2D eigenvalue weighted by Crippen LogP contribution is -2.31. The van der Waals surface area contributed by atoms with Gasteiger partial charge in [0.1, 0.15) is 11.6 Å². The summed E-state index contributed by atoms with van der Waals surface area (Å²) in [5.41, 5.74) is 12.0. The molecule has 0 saturated heterocycles. The second kappa shape index (κ2) is 6.36. The van der Waals surface area contributed by atoms with Crippen molar-refractivity contribution in [1.29, 1.82) is 0 Å². The van der Waals surface area contributed by atoms with Crippen LogP contribution < -0.4 is 21.7 Å². The molecule has 1 atom stereocenters. The van der Waals surface area contributed by atoms with Crippen LogP contribution in [0, 0.1) is 6.92 Å². The molecule has 2 rings (SSSR count). The molecule has 1 unspecified atom stereocenters. The predicted octanol–water partition coefficient (Wildman–Crippen LogP) is 1.73. The standard InChI is InChI=1S/C15H20N4O/c1-10-7-8-18-15(16)14(10)13(19-17)9-11-3-5-12(20-2)6-4-11/h3-8,13,19H,9,17H2,1-2H3,(H2,16,18). The van der Waals surface area contributed by atoms with Crippen LogP contribution in [0.5, 0.6) is 5.75 Å². The number of nitrogens with one attached hydrogen (secondary N) is 1. The van der Waals surface area contributed by atoms with E-state index in [2.05, 4.69) is 10.4 Å². The summed E-state index contributed by atoms with van der Waals surface area (Å²) in [5.74, 6) is 7.04. The summed E-state index contributed by atoms with van der Waals surface area (Å²) in [6.45, 7) is 2.01. The molecule has 0 amide bonds. The Labute approximate surface area is 118 Å². The molecule has 0 aliphatic heterocycles. The van der Waals surface area contributed by atoms with Crippen LogP contribution in [0.4, 0.5) is 5.82 Å². The highest BCUT2D eigenvalue weighted by Crippen LogP contribution is 2.25. The Kier molecular flexibility index (Phi) is 4.55. The van der Waals surface area contributed by atoms with Crippen LogP contribution in [0.3, 0.4) is 0 Å². The average molecular weight is 272 g/mol. The third kappa shape index (κ3) is 3.07. The van der Waals surface area contributed by atoms with Crippen molar-refractivity contribution in [2.75, 3.05) is 12.8 Å². The quantitative estimate of drug-likeness (QED) is 0.570. The SMILES string of the molecule is COc1ccc(CC(NN)c2c(C)ccnc2N)cc1. The Morgan fingerprint density at radius 2 is 1.95 bits per heavy atom. The smallest absolute Gasteiger partial charge is 0.128 e. The van der Waals surface area contributed by atoms with Crippen molar-refractivity contribution in [3.63, 3.8) is 0 Å². The summed E-state index contributed by atoms with van der Waals surface area (Å²) >= 11 is 0. The van der Waals surface area contributed by atoms with Crippen LogP contribution in [0.15, 0.2) is 36.5 Å². The van der Waals surface area contributed by atoms with E-state index in [9.17, 15) is 0 Å². The van der Waals surface area contributed by atoms with Crippen molar-refractivity contribution < 1.29 is 4.74 Å². The zero-order chi connectivity index (χ0) is 14.5. The second-order valence-electron chi connectivity index (χ2n) is 4.70. The summed E-state index contributed by atoms with van der Waals surface area (Å²) in [4.78, 5) is 4.14. The highest BCUT2D eigenvalue weighted by molar-refractivity contribution is 5.46. The molecule has 5 nitrogen and oxygen atoms in total. The van der Waals surface area contributed by atoms with Gasteiger partial charge in [0.25, 0.3) is 0 Å². The minimum absolute atomic E-state index is 0.0721. The van der Waals surface area contributed by atoms with Gasteiger partial charge in [-0.05, 0) is 42.7 Å². The van der Waals surface area contributed by atoms with E-state index in [0.29, 0.717) is 5.82 Å². The summed E-state index contributed by atoms with van der Waals surface area (Å²) in [6.07, 6.45) is 2.44. The number of aryl methyl sites for hydroxylation is 1. The molecule has 20 heavy (non-hydrogen) atoms. The molecule has 0 aliphatic rings. The Morgan fingerprint density at radius 3 is 2.50 bits per heavy atom. The van der Waals surface area contributed by atoms with E-state index in [1.165, 1.54) is 0 Å². The molecule has 5 N–H and O–H groups in total. The van der Waals surface area contributed by atoms with Crippen LogP contribution in [0.2, 0.25) is 0 Å². The van der Waals surface area contributed by atoms with Gasteiger partial charge in [-0.15, -0.1) is 0 Å². The van der Waals surface area contributed by atoms with Crippen LogP contribution in [-0.4, -0.2) is 12.1 Å². The molecule has 0 spiro atoms. The first-order valence-corrected chi connectivity index (χ1v) is 6.45. The Bertz CT molecular complexity index is 548. The van der Waals surface area contributed by atoms with E-state index in [-0.39, 0.29) is 6.04 Å². The topological polar surface area (TPSA) is 86.2 Å². The maximum atomic E-state index is 5.97. The Morgan fingerprint density at radius 1 is 1.25 bits per heavy atom. The van der Waals surface area contributed by atoms with Gasteiger partial charge < -0.3 is 10.5 Å². The van der Waals surface area contributed by atoms with E-state index in [1.807, 2.05) is 37.3 Å². The van der Waals surface area contributed by atoms with E-state index in [4.69, 9.17) is 16.3 Å². The molecule has 0 fully saturated rings. The molecule has 0 saturated carbocycles. The predicted molar refractivity (Wildman–Crippen MR) is 80.1 cm³/mol. The monoisotopic (exact) mass is 272 g/mol. The third-order valence-corrected chi connectivity index (χ3v) is 3.39. The van der Waals surface area contributed by atoms with Gasteiger partial charge in [0.15, 0.2) is 0 Å². The average Bonchev–Trinajstić information content (AvgIpc) is 2.46. The molecule has 0 radical (unpaired) electrons. The summed E-state index contributed by atoms with van der Waals surface area (Å²) in [5, 5.41) is 0. The zero-order valence-electron chi connectivity index (χ0n) is 11.8. The number of benzene rings is 1. The number of nitrogens with zero attached hydrogens (tertiary/aromatic N) is 1. The first-order valence-electron chi connectivity index (χ1n) is 6.45. The number of hydrogen-bond donors (Lipinski definition) is 3. The van der Waals surface area contributed by atoms with Gasteiger partial charge in [-0.1, -0.05) is 12.1 Å². The molecule has 2 aromatic rings. The molecule has 0 bridgehead atoms. The molecule has 1 aromatic carbocycles. The van der Waals surface area contributed by atoms with Gasteiger partial charge in [0.05, 0.1) is 13.2 Å². The van der Waals surface area contributed by atoms with Crippen LogP contribution in [-0.2, 0) is 6.42 Å². The zero-order valence-corrected chi connectivity index (χ0v) is 11.8. The van der Waals surface area contributed by atoms with E-state index in [0.717, 1.165) is 28.9 Å². The molecule has 5 heteroatoms. The molecule has 1 heterocycles. The number of methoxy groups -OCH3 is 1. The fraction of sp³-hybridized carbons (Fsp3) is 0.267. The lowest BCUT2D eigenvalue weighted by molar-refractivity contribution is 0.414. The van der Waals surface area contributed by atoms with Crippen LogP contribution in [0.1, 0.15) is 22.7 Å². The first kappa shape index (κ1) is 14.3. The largest absolute Gasteiger partial charge is 0.497 e. The van der Waals surface area contributed by atoms with Gasteiger partial charge in [-0.2, -0.15) is 0 Å². The normalized spacial score (nSPS) is 12.2. The number of nitrogen functional groups attached to an aromatic ring is 1. The maximum absolute atomic E-state index is 5.97. The Hall–Kier alpha value is -2.11. The van der Waals surface area contributed by atoms with Crippen LogP contribution >= 0.6 is 0 Å². The van der Waals surface area contributed by atoms with E-state index in [1.54, 1.807) is 13.3 Å². The van der Waals surface area contributed by atoms with Gasteiger partial charge in [-0.25, -0.2) is 4.98 Å². The van der Waals surface area contributed by atoms with Gasteiger partial charge >= 0.3 is 0 Å². The van der Waals surface area contributed by atoms with E-state index < -0.39 is 0 Å². The number of hydrogen-bond acceptors (Lipinski definition) is 5. The lowest BCUT2D eigenvalue weighted by atomic mass is 9.96. The number of hydrazine groups is 1. The number of pyridine rings is 1. The molecular weight excluding hydrogens is 252 g/mol. The van der Waals surface area contributed by atoms with E-state index >= 15 is 0 Å². The molecular formula is C15H20N4O. The molecule has 106 valence electrons. The van der Waals surface area contributed by atoms with Gasteiger partial charge in [-0.3, -0.25) is 11.3 Å². The van der Waals surface area contributed by atoms with Crippen molar-refractivity contribution in [1.82, 2.24) is 10.4 Å². The van der Waals surface area contributed by atoms with Gasteiger partial charge in [0.2, 0.25) is 0 Å². The molecule has 1 aromatic heterocycles. The van der Waals surface area contributed by atoms with Crippen LogP contribution in [0.25, 0.3) is 0 Å². The fourth-order valence-electron chi connectivity index (χ4n) is 2.29. The summed E-state index contributed by atoms with van der Waals surface area (Å²) in [6, 6.07) is 9.77. The lowest BCUT2D eigenvalue weighted by Gasteiger charge is -2.20. The van der Waals surface area contributed by atoms with Crippen molar-refractivity contribution in [3.05, 3.63) is 53.2 Å². The Balaban J connectivity index is 2.24. The number of aromatic nitrogens is 1. The summed E-state index contributed by atoms with van der Waals surface area (Å²) in [7, 11) is 1.65. The maximum Gasteiger partial charge on any atom is 0.128 e. The second-order valence-corrected chi connectivity index (χ2v) is 4.70. The number of ether oxygens (including phenoxy) is 1. The van der Waals surface area contributed by atoms with Gasteiger partial charge in [0, 0.05) is 11.8 Å². The molecule has 0 aliphatic carbocycles. The number of anilines is 1. The highest BCUT2D eigenvalue weighted by atomic mass is 16.5. The minimum Gasteiger partial charge on any atom is -0.497 e. The minimum atomic E-state index is -0.0721. The first-order chi connectivity index (χ1) is 9.65. The van der Waals surface area contributed by atoms with Crippen molar-refractivity contribution >= 4 is 5.82 Å². The fourth-order valence-corrected chi connectivity index (χ4v) is 2.29. The van der Waals surface area contributed by atoms with Crippen molar-refractivity contribution in [3.8, 4) is 5.75 Å².